The van der Waals surface area contributed by atoms with Crippen molar-refractivity contribution < 1.29 is 24.2 Å². The molecule has 0 unspecified atom stereocenters. The lowest BCUT2D eigenvalue weighted by Gasteiger charge is -2.27. The van der Waals surface area contributed by atoms with Crippen molar-refractivity contribution in [3.63, 3.8) is 0 Å². The number of carbonyl (C=O) groups is 3. The van der Waals surface area contributed by atoms with Crippen LogP contribution in [-0.4, -0.2) is 58.6 Å². The molecule has 1 aliphatic carbocycles. The highest BCUT2D eigenvalue weighted by atomic mass is 32.2. The maximum atomic E-state index is 12.7. The molecule has 0 aromatic heterocycles. The molecular weight excluding hydrogens is 318 g/mol. The second-order valence-corrected chi connectivity index (χ2v) is 7.20. The van der Waals surface area contributed by atoms with E-state index in [4.69, 9.17) is 9.84 Å². The average molecular weight is 339 g/mol. The van der Waals surface area contributed by atoms with Gasteiger partial charge in [0.15, 0.2) is 5.78 Å². The predicted molar refractivity (Wildman–Crippen MR) is 85.0 cm³/mol. The van der Waals surface area contributed by atoms with Crippen molar-refractivity contribution >= 4 is 29.4 Å². The van der Waals surface area contributed by atoms with E-state index in [1.165, 1.54) is 11.8 Å². The fourth-order valence-corrected chi connectivity index (χ4v) is 4.22. The third-order valence-electron chi connectivity index (χ3n) is 4.56. The molecule has 1 saturated carbocycles. The van der Waals surface area contributed by atoms with Crippen LogP contribution in [0.4, 0.5) is 0 Å². The highest BCUT2D eigenvalue weighted by Gasteiger charge is 2.46. The summed E-state index contributed by atoms with van der Waals surface area (Å²) >= 11 is 1.42. The van der Waals surface area contributed by atoms with Gasteiger partial charge in [-0.3, -0.25) is 14.4 Å². The van der Waals surface area contributed by atoms with Crippen molar-refractivity contribution in [2.75, 3.05) is 19.4 Å². The molecule has 0 radical (unpaired) electrons. The molecule has 1 amide bonds. The van der Waals surface area contributed by atoms with Crippen molar-refractivity contribution in [3.05, 3.63) is 11.1 Å². The fourth-order valence-electron chi connectivity index (χ4n) is 3.29. The Labute approximate surface area is 139 Å². The van der Waals surface area contributed by atoms with E-state index >= 15 is 0 Å². The number of nitrogens with zero attached hydrogens (tertiary/aromatic N) is 1. The van der Waals surface area contributed by atoms with Crippen LogP contribution in [-0.2, 0) is 19.1 Å². The van der Waals surface area contributed by atoms with Crippen LogP contribution in [0.2, 0.25) is 0 Å². The lowest BCUT2D eigenvalue weighted by atomic mass is 10.0. The van der Waals surface area contributed by atoms with E-state index in [0.717, 1.165) is 25.7 Å². The molecule has 126 valence electrons. The highest BCUT2D eigenvalue weighted by molar-refractivity contribution is 7.99. The van der Waals surface area contributed by atoms with Gasteiger partial charge in [-0.25, -0.2) is 0 Å². The Balaban J connectivity index is 1.88. The van der Waals surface area contributed by atoms with Gasteiger partial charge in [0.2, 0.25) is 0 Å². The van der Waals surface area contributed by atoms with Crippen LogP contribution in [0, 0.1) is 5.92 Å². The molecule has 1 N–H and O–H groups in total. The molecular formula is C16H21NO5S. The van der Waals surface area contributed by atoms with Gasteiger partial charge in [0.1, 0.15) is 5.37 Å². The molecule has 6 nitrogen and oxygen atoms in total. The van der Waals surface area contributed by atoms with Crippen molar-refractivity contribution in [2.24, 2.45) is 5.92 Å². The van der Waals surface area contributed by atoms with Gasteiger partial charge in [0.25, 0.3) is 5.91 Å². The van der Waals surface area contributed by atoms with Gasteiger partial charge >= 0.3 is 5.97 Å². The zero-order valence-corrected chi connectivity index (χ0v) is 13.9. The molecule has 0 aromatic rings. The molecule has 0 bridgehead atoms. The number of Topliss-reactive ketones (excluding diaryl/α,β-unsaturated/α-hetero) is 1. The van der Waals surface area contributed by atoms with Gasteiger partial charge in [0.05, 0.1) is 12.5 Å². The number of hydrogen-bond donors (Lipinski definition) is 1. The largest absolute Gasteiger partial charge is 0.481 e. The summed E-state index contributed by atoms with van der Waals surface area (Å²) in [7, 11) is 0. The van der Waals surface area contributed by atoms with Gasteiger partial charge in [-0.15, -0.1) is 11.8 Å². The number of carbonyl (C=O) groups excluding carboxylic acids is 2. The van der Waals surface area contributed by atoms with Crippen LogP contribution in [0.5, 0.6) is 0 Å². The monoisotopic (exact) mass is 339 g/mol. The number of ether oxygens (including phenoxy) is 1. The van der Waals surface area contributed by atoms with E-state index in [0.29, 0.717) is 18.7 Å². The number of ketones is 1. The lowest BCUT2D eigenvalue weighted by Crippen LogP contribution is -2.40. The smallest absolute Gasteiger partial charge is 0.308 e. The van der Waals surface area contributed by atoms with E-state index in [-0.39, 0.29) is 41.1 Å². The van der Waals surface area contributed by atoms with Crippen molar-refractivity contribution in [1.82, 2.24) is 4.90 Å². The molecule has 2 heterocycles. The Morgan fingerprint density at radius 3 is 2.61 bits per heavy atom. The zero-order chi connectivity index (χ0) is 16.6. The maximum Gasteiger partial charge on any atom is 0.308 e. The Bertz CT molecular complexity index is 563. The number of carboxylic acids is 1. The van der Waals surface area contributed by atoms with Crippen molar-refractivity contribution in [3.8, 4) is 0 Å². The summed E-state index contributed by atoms with van der Waals surface area (Å²) in [6, 6.07) is 0. The first-order chi connectivity index (χ1) is 11.0. The second kappa shape index (κ2) is 6.65. The third kappa shape index (κ3) is 3.30. The van der Waals surface area contributed by atoms with Gasteiger partial charge in [0, 0.05) is 30.2 Å². The molecule has 1 saturated heterocycles. The molecule has 23 heavy (non-hydrogen) atoms. The van der Waals surface area contributed by atoms with Crippen LogP contribution in [0.15, 0.2) is 11.1 Å². The number of rotatable bonds is 7. The molecule has 0 spiro atoms. The third-order valence-corrected chi connectivity index (χ3v) is 5.50. The zero-order valence-electron chi connectivity index (χ0n) is 13.1. The minimum absolute atomic E-state index is 0.0185. The van der Waals surface area contributed by atoms with Gasteiger partial charge in [-0.2, -0.15) is 0 Å². The summed E-state index contributed by atoms with van der Waals surface area (Å²) in [6.07, 6.45) is 4.99. The quantitative estimate of drug-likeness (QED) is 0.756. The average Bonchev–Trinajstić information content (AvgIpc) is 3.18. The Morgan fingerprint density at radius 1 is 1.35 bits per heavy atom. The van der Waals surface area contributed by atoms with Gasteiger partial charge in [-0.05, 0) is 31.9 Å². The molecule has 2 fully saturated rings. The Hall–Kier alpha value is -1.34. The number of thioether (sulfide) groups is 1. The maximum absolute atomic E-state index is 12.7. The summed E-state index contributed by atoms with van der Waals surface area (Å²) in [6.45, 7) is 1.12. The fraction of sp³-hybridized carbons (Fsp3) is 0.688. The van der Waals surface area contributed by atoms with Crippen LogP contribution < -0.4 is 0 Å². The predicted octanol–water partition coefficient (Wildman–Crippen LogP) is 1.45. The van der Waals surface area contributed by atoms with Crippen molar-refractivity contribution in [2.45, 2.75) is 43.6 Å². The molecule has 2 aliphatic heterocycles. The minimum atomic E-state index is -1.08. The van der Waals surface area contributed by atoms with Gasteiger partial charge in [-0.1, -0.05) is 0 Å². The summed E-state index contributed by atoms with van der Waals surface area (Å²) < 4.78 is 5.60. The van der Waals surface area contributed by atoms with E-state index in [1.54, 1.807) is 4.90 Å². The standard InChI is InChI=1S/C16H21NO5S/c1-23-16-13(14(20)9-4-5-9)11(7-12(18)19)15(21)17(16)8-10-3-2-6-22-10/h9-10,16H,2-8H2,1H3,(H,18,19)/t10-,16+/m0/s1. The number of hydrogen-bond acceptors (Lipinski definition) is 5. The topological polar surface area (TPSA) is 83.9 Å². The number of carboxylic acid groups (broad SMARTS) is 1. The van der Waals surface area contributed by atoms with E-state index in [1.807, 2.05) is 6.26 Å². The summed E-state index contributed by atoms with van der Waals surface area (Å²) in [5, 5.41) is 8.75. The van der Waals surface area contributed by atoms with E-state index < -0.39 is 5.97 Å². The second-order valence-electron chi connectivity index (χ2n) is 6.28. The SMILES string of the molecule is CS[C@@H]1C(C(=O)C2CC2)=C(CC(=O)O)C(=O)N1C[C@@H]1CCCO1. The molecule has 7 heteroatoms. The first-order valence-electron chi connectivity index (χ1n) is 7.97. The van der Waals surface area contributed by atoms with Crippen LogP contribution in [0.3, 0.4) is 0 Å². The van der Waals surface area contributed by atoms with Crippen LogP contribution in [0.25, 0.3) is 0 Å². The van der Waals surface area contributed by atoms with Gasteiger partial charge < -0.3 is 14.7 Å². The molecule has 2 atom stereocenters. The first-order valence-corrected chi connectivity index (χ1v) is 9.26. The molecule has 0 aromatic carbocycles. The van der Waals surface area contributed by atoms with Crippen LogP contribution >= 0.6 is 11.8 Å². The van der Waals surface area contributed by atoms with E-state index in [2.05, 4.69) is 0 Å². The van der Waals surface area contributed by atoms with Crippen LogP contribution in [0.1, 0.15) is 32.1 Å². The van der Waals surface area contributed by atoms with Crippen molar-refractivity contribution in [1.29, 1.82) is 0 Å². The number of aliphatic carboxylic acids is 1. The molecule has 3 aliphatic rings. The summed E-state index contributed by atoms with van der Waals surface area (Å²) in [5.41, 5.74) is 0.595. The highest BCUT2D eigenvalue weighted by Crippen LogP contribution is 2.41. The molecule has 3 rings (SSSR count). The normalized spacial score (nSPS) is 27.9. The van der Waals surface area contributed by atoms with E-state index in [9.17, 15) is 14.4 Å². The summed E-state index contributed by atoms with van der Waals surface area (Å²) in [4.78, 5) is 38.1. The Morgan fingerprint density at radius 2 is 2.09 bits per heavy atom. The number of amides is 1. The summed E-state index contributed by atoms with van der Waals surface area (Å²) in [5.74, 6) is -1.46. The lowest BCUT2D eigenvalue weighted by molar-refractivity contribution is -0.137. The first kappa shape index (κ1) is 16.5. The minimum Gasteiger partial charge on any atom is -0.481 e. The Kier molecular flexibility index (Phi) is 4.77.